The summed E-state index contributed by atoms with van der Waals surface area (Å²) >= 11 is 1.48. The number of hydrogen-bond donors (Lipinski definition) is 3. The number of nitrogens with one attached hydrogen (secondary N) is 2. The first kappa shape index (κ1) is 30.3. The number of aromatic nitrogens is 1. The van der Waals surface area contributed by atoms with Crippen molar-refractivity contribution >= 4 is 40.3 Å². The summed E-state index contributed by atoms with van der Waals surface area (Å²) in [6.45, 7) is 6.17. The summed E-state index contributed by atoms with van der Waals surface area (Å²) in [6, 6.07) is 22.6. The van der Waals surface area contributed by atoms with Gasteiger partial charge in [-0.15, -0.1) is 11.8 Å². The lowest BCUT2D eigenvalue weighted by Gasteiger charge is -2.33. The predicted molar refractivity (Wildman–Crippen MR) is 169 cm³/mol. The molecule has 1 aliphatic rings. The van der Waals surface area contributed by atoms with Gasteiger partial charge in [0.25, 0.3) is 11.8 Å². The second kappa shape index (κ2) is 13.0. The Hall–Kier alpha value is -4.21. The van der Waals surface area contributed by atoms with Gasteiger partial charge >= 0.3 is 0 Å². The summed E-state index contributed by atoms with van der Waals surface area (Å²) in [5.74, 6) is -1.05. The molecule has 0 radical (unpaired) electrons. The lowest BCUT2D eigenvalue weighted by atomic mass is 9.96. The Morgan fingerprint density at radius 1 is 1.02 bits per heavy atom. The van der Waals surface area contributed by atoms with Crippen molar-refractivity contribution < 1.29 is 19.5 Å². The number of fused-ring (bicyclic) bond motifs is 1. The van der Waals surface area contributed by atoms with Gasteiger partial charge in [0.2, 0.25) is 5.91 Å². The molecule has 0 spiro atoms. The smallest absolute Gasteiger partial charge is 0.254 e. The van der Waals surface area contributed by atoms with Gasteiger partial charge < -0.3 is 20.6 Å². The van der Waals surface area contributed by atoms with E-state index >= 15 is 0 Å². The van der Waals surface area contributed by atoms with E-state index in [0.717, 1.165) is 27.5 Å². The summed E-state index contributed by atoms with van der Waals surface area (Å²) in [6.07, 6.45) is 2.02. The average Bonchev–Trinajstić information content (AvgIpc) is 3.34. The lowest BCUT2D eigenvalue weighted by Crippen LogP contribution is -2.58. The first-order valence-corrected chi connectivity index (χ1v) is 15.3. The normalized spacial score (nSPS) is 17.3. The number of nitrogens with zero attached hydrogens (tertiary/aromatic N) is 2. The maximum absolute atomic E-state index is 13.9. The van der Waals surface area contributed by atoms with Gasteiger partial charge in [-0.1, -0.05) is 60.7 Å². The minimum Gasteiger partial charge on any atom is -0.381 e. The van der Waals surface area contributed by atoms with E-state index in [4.69, 9.17) is 0 Å². The molecule has 4 aromatic rings. The zero-order valence-electron chi connectivity index (χ0n) is 24.5. The summed E-state index contributed by atoms with van der Waals surface area (Å²) in [5.41, 5.74) is 3.30. The Morgan fingerprint density at radius 2 is 1.77 bits per heavy atom. The van der Waals surface area contributed by atoms with Crippen LogP contribution in [-0.4, -0.2) is 61.5 Å². The third-order valence-electron chi connectivity index (χ3n) is 7.94. The zero-order chi connectivity index (χ0) is 30.6. The van der Waals surface area contributed by atoms with Crippen LogP contribution in [-0.2, 0) is 22.6 Å². The van der Waals surface area contributed by atoms with Gasteiger partial charge in [-0.05, 0) is 67.5 Å². The molecule has 1 fully saturated rings. The monoisotopic (exact) mass is 596 g/mol. The van der Waals surface area contributed by atoms with Gasteiger partial charge in [0, 0.05) is 34.6 Å². The number of aryl methyl sites for hydroxylation is 1. The van der Waals surface area contributed by atoms with Crippen LogP contribution in [0.5, 0.6) is 0 Å². The number of rotatable bonds is 9. The van der Waals surface area contributed by atoms with Crippen LogP contribution in [0, 0.1) is 6.92 Å². The maximum atomic E-state index is 13.9. The van der Waals surface area contributed by atoms with Gasteiger partial charge in [0.05, 0.1) is 11.9 Å². The minimum atomic E-state index is -1.58. The molecular formula is C34H36N4O4S. The molecule has 222 valence electrons. The van der Waals surface area contributed by atoms with Crippen molar-refractivity contribution in [2.45, 2.75) is 56.7 Å². The van der Waals surface area contributed by atoms with Crippen molar-refractivity contribution in [3.05, 3.63) is 114 Å². The molecule has 8 nitrogen and oxygen atoms in total. The summed E-state index contributed by atoms with van der Waals surface area (Å²) in [7, 11) is 0. The molecule has 0 aliphatic carbocycles. The van der Waals surface area contributed by atoms with Crippen LogP contribution in [0.25, 0.3) is 10.8 Å². The van der Waals surface area contributed by atoms with Crippen molar-refractivity contribution in [1.82, 2.24) is 20.5 Å². The van der Waals surface area contributed by atoms with Crippen LogP contribution in [0.3, 0.4) is 0 Å². The Labute approximate surface area is 255 Å². The Bertz CT molecular complexity index is 1630. The standard InChI is InChI=1S/C34H36N4O4S/c1-22-9-7-8-12-26(22)20-36-32(41)30-34(2,3)43-21-38(30)33(42)29(39)28(17-23-10-5-4-6-11-23)37-31(40)25-14-13-24-15-16-35-19-27(24)18-25/h4-16,18-19,28-30,39H,17,20-21H2,1-3H3,(H,36,41)(H,37,40)/t28?,29-,30?/m0/s1. The van der Waals surface area contributed by atoms with Crippen LogP contribution < -0.4 is 10.6 Å². The Kier molecular flexibility index (Phi) is 9.13. The number of aliphatic hydroxyl groups excluding tert-OH is 1. The van der Waals surface area contributed by atoms with E-state index in [-0.39, 0.29) is 18.2 Å². The van der Waals surface area contributed by atoms with E-state index < -0.39 is 34.7 Å². The summed E-state index contributed by atoms with van der Waals surface area (Å²) in [5, 5.41) is 19.2. The number of benzene rings is 3. The minimum absolute atomic E-state index is 0.225. The van der Waals surface area contributed by atoms with Crippen molar-refractivity contribution in [1.29, 1.82) is 0 Å². The van der Waals surface area contributed by atoms with Gasteiger partial charge in [-0.2, -0.15) is 0 Å². The maximum Gasteiger partial charge on any atom is 0.254 e. The number of amides is 3. The predicted octanol–water partition coefficient (Wildman–Crippen LogP) is 4.24. The van der Waals surface area contributed by atoms with Gasteiger partial charge in [-0.25, -0.2) is 0 Å². The number of thioether (sulfide) groups is 1. The van der Waals surface area contributed by atoms with Crippen LogP contribution in [0.1, 0.15) is 40.9 Å². The molecule has 9 heteroatoms. The molecular weight excluding hydrogens is 560 g/mol. The highest BCUT2D eigenvalue weighted by molar-refractivity contribution is 8.00. The van der Waals surface area contributed by atoms with Gasteiger partial charge in [0.15, 0.2) is 6.10 Å². The summed E-state index contributed by atoms with van der Waals surface area (Å²) < 4.78 is -0.581. The number of carbonyl (C=O) groups is 3. The first-order chi connectivity index (χ1) is 20.6. The first-order valence-electron chi connectivity index (χ1n) is 14.3. The molecule has 0 saturated carbocycles. The van der Waals surface area contributed by atoms with Crippen LogP contribution in [0.2, 0.25) is 0 Å². The van der Waals surface area contributed by atoms with E-state index in [1.54, 1.807) is 24.5 Å². The molecule has 3 atom stereocenters. The van der Waals surface area contributed by atoms with Crippen LogP contribution in [0.15, 0.2) is 91.3 Å². The molecule has 2 heterocycles. The van der Waals surface area contributed by atoms with Crippen molar-refractivity contribution in [3.63, 3.8) is 0 Å². The second-order valence-corrected chi connectivity index (χ2v) is 13.0. The molecule has 2 unspecified atom stereocenters. The Morgan fingerprint density at radius 3 is 2.53 bits per heavy atom. The van der Waals surface area contributed by atoms with Crippen molar-refractivity contribution in [2.24, 2.45) is 0 Å². The molecule has 43 heavy (non-hydrogen) atoms. The second-order valence-electron chi connectivity index (χ2n) is 11.4. The SMILES string of the molecule is Cc1ccccc1CNC(=O)C1N(C(=O)[C@@H](O)C(Cc2ccccc2)NC(=O)c2ccc3ccncc3c2)CSC1(C)C. The zero-order valence-corrected chi connectivity index (χ0v) is 25.3. The molecule has 5 rings (SSSR count). The molecule has 1 aliphatic heterocycles. The molecule has 3 aromatic carbocycles. The van der Waals surface area contributed by atoms with Crippen LogP contribution in [0.4, 0.5) is 0 Å². The quantitative estimate of drug-likeness (QED) is 0.267. The van der Waals surface area contributed by atoms with E-state index in [0.29, 0.717) is 12.1 Å². The fourth-order valence-electron chi connectivity index (χ4n) is 5.43. The average molecular weight is 597 g/mol. The third-order valence-corrected chi connectivity index (χ3v) is 9.32. The molecule has 1 saturated heterocycles. The van der Waals surface area contributed by atoms with Crippen molar-refractivity contribution in [3.8, 4) is 0 Å². The highest BCUT2D eigenvalue weighted by Crippen LogP contribution is 2.40. The van der Waals surface area contributed by atoms with E-state index in [1.165, 1.54) is 16.7 Å². The molecule has 0 bridgehead atoms. The fraction of sp³-hybridized carbons (Fsp3) is 0.294. The van der Waals surface area contributed by atoms with Crippen LogP contribution >= 0.6 is 11.8 Å². The number of pyridine rings is 1. The summed E-state index contributed by atoms with van der Waals surface area (Å²) in [4.78, 5) is 46.5. The fourth-order valence-corrected chi connectivity index (χ4v) is 6.57. The largest absolute Gasteiger partial charge is 0.381 e. The van der Waals surface area contributed by atoms with E-state index in [1.807, 2.05) is 87.5 Å². The number of carbonyl (C=O) groups excluding carboxylic acids is 3. The highest BCUT2D eigenvalue weighted by atomic mass is 32.2. The van der Waals surface area contributed by atoms with Crippen molar-refractivity contribution in [2.75, 3.05) is 5.88 Å². The van der Waals surface area contributed by atoms with Gasteiger partial charge in [0.1, 0.15) is 6.04 Å². The van der Waals surface area contributed by atoms with Gasteiger partial charge in [-0.3, -0.25) is 19.4 Å². The number of hydrogen-bond acceptors (Lipinski definition) is 6. The highest BCUT2D eigenvalue weighted by Gasteiger charge is 2.49. The molecule has 3 amide bonds. The number of aliphatic hydroxyl groups is 1. The molecule has 3 N–H and O–H groups in total. The lowest BCUT2D eigenvalue weighted by molar-refractivity contribution is -0.147. The Balaban J connectivity index is 1.36. The topological polar surface area (TPSA) is 112 Å². The third kappa shape index (κ3) is 6.89. The van der Waals surface area contributed by atoms with E-state index in [9.17, 15) is 19.5 Å². The van der Waals surface area contributed by atoms with E-state index in [2.05, 4.69) is 15.6 Å². The molecule has 1 aromatic heterocycles.